The Hall–Kier alpha value is -2.11. The Morgan fingerprint density at radius 1 is 1.18 bits per heavy atom. The summed E-state index contributed by atoms with van der Waals surface area (Å²) in [7, 11) is 0. The second kappa shape index (κ2) is 7.24. The number of esters is 1. The van der Waals surface area contributed by atoms with Gasteiger partial charge in [0.25, 0.3) is 0 Å². The highest BCUT2D eigenvalue weighted by Crippen LogP contribution is 2.26. The summed E-state index contributed by atoms with van der Waals surface area (Å²) >= 11 is 9.14. The highest BCUT2D eigenvalue weighted by atomic mass is 79.9. The molecule has 0 aliphatic carbocycles. The maximum atomic E-state index is 11.8. The van der Waals surface area contributed by atoms with E-state index in [4.69, 9.17) is 21.4 Å². The van der Waals surface area contributed by atoms with Gasteiger partial charge in [-0.3, -0.25) is 0 Å². The first-order valence-electron chi connectivity index (χ1n) is 6.14. The minimum absolute atomic E-state index is 0.0956. The zero-order valence-corrected chi connectivity index (χ0v) is 13.5. The van der Waals surface area contributed by atoms with E-state index < -0.39 is 11.9 Å². The van der Waals surface area contributed by atoms with Crippen LogP contribution in [0.2, 0.25) is 5.02 Å². The van der Waals surface area contributed by atoms with E-state index in [1.54, 1.807) is 30.3 Å². The molecule has 0 aliphatic rings. The summed E-state index contributed by atoms with van der Waals surface area (Å²) in [4.78, 5) is 22.6. The van der Waals surface area contributed by atoms with Gasteiger partial charge in [0.05, 0.1) is 10.0 Å². The van der Waals surface area contributed by atoms with Crippen LogP contribution in [0.25, 0.3) is 6.08 Å². The number of hydrogen-bond donors (Lipinski definition) is 1. The molecule has 0 unspecified atom stereocenters. The molecule has 0 atom stereocenters. The lowest BCUT2D eigenvalue weighted by atomic mass is 10.2. The Bertz CT molecular complexity index is 756. The molecule has 6 heteroatoms. The Morgan fingerprint density at radius 2 is 1.91 bits per heavy atom. The molecule has 0 saturated carbocycles. The van der Waals surface area contributed by atoms with Crippen molar-refractivity contribution in [3.05, 3.63) is 69.2 Å². The van der Waals surface area contributed by atoms with E-state index >= 15 is 0 Å². The molecule has 0 heterocycles. The summed E-state index contributed by atoms with van der Waals surface area (Å²) in [5.41, 5.74) is 0.791. The zero-order chi connectivity index (χ0) is 16.1. The molecule has 0 saturated heterocycles. The first kappa shape index (κ1) is 16.3. The van der Waals surface area contributed by atoms with Gasteiger partial charge in [-0.2, -0.15) is 0 Å². The lowest BCUT2D eigenvalue weighted by Gasteiger charge is -2.05. The van der Waals surface area contributed by atoms with Gasteiger partial charge in [0.1, 0.15) is 5.75 Å². The third-order valence-electron chi connectivity index (χ3n) is 2.69. The molecule has 2 aromatic carbocycles. The molecule has 0 bridgehead atoms. The van der Waals surface area contributed by atoms with Crippen molar-refractivity contribution in [3.63, 3.8) is 0 Å². The predicted molar refractivity (Wildman–Crippen MR) is 87.2 cm³/mol. The summed E-state index contributed by atoms with van der Waals surface area (Å²) in [6.45, 7) is 0. The number of rotatable bonds is 4. The number of carbonyl (C=O) groups is 2. The standard InChI is InChI=1S/C16H10BrClO4/c17-12-9-11(16(20)21)5-7-14(12)22-15(19)8-6-10-3-1-2-4-13(10)18/h1-9H,(H,20,21)/b8-6+. The number of halogens is 2. The maximum absolute atomic E-state index is 11.8. The summed E-state index contributed by atoms with van der Waals surface area (Å²) in [5.74, 6) is -1.42. The smallest absolute Gasteiger partial charge is 0.336 e. The largest absolute Gasteiger partial charge is 0.478 e. The van der Waals surface area contributed by atoms with Crippen molar-refractivity contribution in [1.82, 2.24) is 0 Å². The molecular weight excluding hydrogens is 372 g/mol. The topological polar surface area (TPSA) is 63.6 Å². The number of ether oxygens (including phenoxy) is 1. The van der Waals surface area contributed by atoms with E-state index in [1.807, 2.05) is 0 Å². The first-order valence-corrected chi connectivity index (χ1v) is 7.32. The van der Waals surface area contributed by atoms with Gasteiger partial charge in [0, 0.05) is 11.1 Å². The lowest BCUT2D eigenvalue weighted by molar-refractivity contribution is -0.128. The molecule has 0 radical (unpaired) electrons. The molecule has 0 amide bonds. The van der Waals surface area contributed by atoms with Crippen LogP contribution in [-0.2, 0) is 4.79 Å². The average molecular weight is 382 g/mol. The number of carbonyl (C=O) groups excluding carboxylic acids is 1. The third kappa shape index (κ3) is 4.19. The maximum Gasteiger partial charge on any atom is 0.336 e. The fourth-order valence-electron chi connectivity index (χ4n) is 1.63. The average Bonchev–Trinajstić information content (AvgIpc) is 2.48. The number of hydrogen-bond acceptors (Lipinski definition) is 3. The molecule has 112 valence electrons. The van der Waals surface area contributed by atoms with Crippen LogP contribution in [0.1, 0.15) is 15.9 Å². The van der Waals surface area contributed by atoms with Crippen molar-refractivity contribution in [2.45, 2.75) is 0 Å². The van der Waals surface area contributed by atoms with Crippen molar-refractivity contribution in [2.75, 3.05) is 0 Å². The van der Waals surface area contributed by atoms with Gasteiger partial charge < -0.3 is 9.84 Å². The van der Waals surface area contributed by atoms with E-state index in [9.17, 15) is 9.59 Å². The van der Waals surface area contributed by atoms with Gasteiger partial charge in [-0.1, -0.05) is 29.8 Å². The number of aromatic carboxylic acids is 1. The molecular formula is C16H10BrClO4. The number of benzene rings is 2. The highest BCUT2D eigenvalue weighted by Gasteiger charge is 2.09. The van der Waals surface area contributed by atoms with E-state index in [1.165, 1.54) is 24.3 Å². The van der Waals surface area contributed by atoms with Crippen LogP contribution in [0.15, 0.2) is 53.0 Å². The van der Waals surface area contributed by atoms with Gasteiger partial charge >= 0.3 is 11.9 Å². The molecule has 0 fully saturated rings. The summed E-state index contributed by atoms with van der Waals surface area (Å²) in [6, 6.07) is 11.2. The molecule has 22 heavy (non-hydrogen) atoms. The zero-order valence-electron chi connectivity index (χ0n) is 11.1. The number of carboxylic acid groups (broad SMARTS) is 1. The molecule has 0 spiro atoms. The van der Waals surface area contributed by atoms with Crippen LogP contribution in [0, 0.1) is 0 Å². The fraction of sp³-hybridized carbons (Fsp3) is 0. The lowest BCUT2D eigenvalue weighted by Crippen LogP contribution is -2.05. The molecule has 0 aliphatic heterocycles. The summed E-state index contributed by atoms with van der Waals surface area (Å²) in [6.07, 6.45) is 2.79. The van der Waals surface area contributed by atoms with E-state index in [0.29, 0.717) is 15.1 Å². The van der Waals surface area contributed by atoms with E-state index in [2.05, 4.69) is 15.9 Å². The van der Waals surface area contributed by atoms with Crippen LogP contribution in [0.4, 0.5) is 0 Å². The third-order valence-corrected chi connectivity index (χ3v) is 3.66. The normalized spacial score (nSPS) is 10.6. The van der Waals surface area contributed by atoms with Gasteiger partial charge in [0.2, 0.25) is 0 Å². The molecule has 1 N–H and O–H groups in total. The minimum atomic E-state index is -1.06. The second-order valence-electron chi connectivity index (χ2n) is 4.23. The van der Waals surface area contributed by atoms with E-state index in [0.717, 1.165) is 0 Å². The van der Waals surface area contributed by atoms with Crippen LogP contribution in [0.3, 0.4) is 0 Å². The van der Waals surface area contributed by atoms with Crippen molar-refractivity contribution in [1.29, 1.82) is 0 Å². The first-order chi connectivity index (χ1) is 10.5. The van der Waals surface area contributed by atoms with Crippen LogP contribution in [-0.4, -0.2) is 17.0 Å². The van der Waals surface area contributed by atoms with Crippen LogP contribution >= 0.6 is 27.5 Å². The Labute approximate surface area is 140 Å². The minimum Gasteiger partial charge on any atom is -0.478 e. The second-order valence-corrected chi connectivity index (χ2v) is 5.49. The molecule has 2 rings (SSSR count). The summed E-state index contributed by atoms with van der Waals surface area (Å²) < 4.78 is 5.51. The molecule has 4 nitrogen and oxygen atoms in total. The van der Waals surface area contributed by atoms with Gasteiger partial charge in [-0.05, 0) is 51.8 Å². The Morgan fingerprint density at radius 3 is 2.55 bits per heavy atom. The van der Waals surface area contributed by atoms with Crippen LogP contribution < -0.4 is 4.74 Å². The molecule has 2 aromatic rings. The van der Waals surface area contributed by atoms with Crippen molar-refractivity contribution >= 4 is 45.5 Å². The summed E-state index contributed by atoms with van der Waals surface area (Å²) in [5, 5.41) is 9.39. The number of carboxylic acids is 1. The van der Waals surface area contributed by atoms with Gasteiger partial charge in [-0.15, -0.1) is 0 Å². The monoisotopic (exact) mass is 380 g/mol. The molecule has 0 aromatic heterocycles. The predicted octanol–water partition coefficient (Wildman–Crippen LogP) is 4.42. The van der Waals surface area contributed by atoms with Crippen LogP contribution in [0.5, 0.6) is 5.75 Å². The Kier molecular flexibility index (Phi) is 5.35. The fourth-order valence-corrected chi connectivity index (χ4v) is 2.29. The SMILES string of the molecule is O=C(/C=C/c1ccccc1Cl)Oc1ccc(C(=O)O)cc1Br. The quantitative estimate of drug-likeness (QED) is 0.484. The van der Waals surface area contributed by atoms with Gasteiger partial charge in [-0.25, -0.2) is 9.59 Å². The van der Waals surface area contributed by atoms with Gasteiger partial charge in [0.15, 0.2) is 0 Å². The highest BCUT2D eigenvalue weighted by molar-refractivity contribution is 9.10. The van der Waals surface area contributed by atoms with Crippen molar-refractivity contribution < 1.29 is 19.4 Å². The Balaban J connectivity index is 2.09. The van der Waals surface area contributed by atoms with E-state index in [-0.39, 0.29) is 11.3 Å². The van der Waals surface area contributed by atoms with Crippen molar-refractivity contribution in [3.8, 4) is 5.75 Å². The van der Waals surface area contributed by atoms with Crippen molar-refractivity contribution in [2.24, 2.45) is 0 Å².